The van der Waals surface area contributed by atoms with E-state index in [-0.39, 0.29) is 5.96 Å². The molecule has 1 aromatic rings. The molecule has 0 atom stereocenters. The normalized spacial score (nSPS) is 9.75. The number of rotatable bonds is 3. The maximum atomic E-state index is 5.15. The number of guanidine groups is 1. The van der Waals surface area contributed by atoms with E-state index >= 15 is 0 Å². The monoisotopic (exact) mass is 168 g/mol. The summed E-state index contributed by atoms with van der Waals surface area (Å²) in [6.07, 6.45) is 2.35. The minimum atomic E-state index is 0.108. The SMILES string of the molecule is Cn1cnnc1CCN=C(N)N. The summed E-state index contributed by atoms with van der Waals surface area (Å²) in [5.41, 5.74) is 10.3. The molecule has 0 aromatic carbocycles. The Bertz CT molecular complexity index is 271. The van der Waals surface area contributed by atoms with E-state index in [0.717, 1.165) is 5.82 Å². The van der Waals surface area contributed by atoms with Crippen molar-refractivity contribution in [1.82, 2.24) is 14.8 Å². The molecule has 1 heterocycles. The molecule has 1 aromatic heterocycles. The number of aliphatic imine (C=N–C) groups is 1. The van der Waals surface area contributed by atoms with Crippen LogP contribution in [0.4, 0.5) is 0 Å². The van der Waals surface area contributed by atoms with Crippen molar-refractivity contribution in [1.29, 1.82) is 0 Å². The fourth-order valence-corrected chi connectivity index (χ4v) is 0.818. The summed E-state index contributed by atoms with van der Waals surface area (Å²) in [5, 5.41) is 7.60. The lowest BCUT2D eigenvalue weighted by Gasteiger charge is -1.96. The van der Waals surface area contributed by atoms with Gasteiger partial charge in [-0.1, -0.05) is 0 Å². The van der Waals surface area contributed by atoms with Crippen LogP contribution in [0.5, 0.6) is 0 Å². The fourth-order valence-electron chi connectivity index (χ4n) is 0.818. The number of hydrogen-bond donors (Lipinski definition) is 2. The molecule has 6 nitrogen and oxygen atoms in total. The molecule has 1 rings (SSSR count). The predicted octanol–water partition coefficient (Wildman–Crippen LogP) is -1.37. The molecule has 0 amide bonds. The van der Waals surface area contributed by atoms with E-state index in [9.17, 15) is 0 Å². The van der Waals surface area contributed by atoms with Crippen LogP contribution < -0.4 is 11.5 Å². The first-order valence-electron chi connectivity index (χ1n) is 3.58. The van der Waals surface area contributed by atoms with E-state index in [4.69, 9.17) is 11.5 Å². The summed E-state index contributed by atoms with van der Waals surface area (Å²) < 4.78 is 1.84. The second-order valence-corrected chi connectivity index (χ2v) is 2.41. The second kappa shape index (κ2) is 3.70. The average Bonchev–Trinajstić information content (AvgIpc) is 2.36. The average molecular weight is 168 g/mol. The lowest BCUT2D eigenvalue weighted by Crippen LogP contribution is -2.23. The number of hydrogen-bond acceptors (Lipinski definition) is 3. The summed E-state index contributed by atoms with van der Waals surface area (Å²) in [5.74, 6) is 0.983. The largest absolute Gasteiger partial charge is 0.370 e. The first-order chi connectivity index (χ1) is 5.70. The van der Waals surface area contributed by atoms with E-state index in [0.29, 0.717) is 13.0 Å². The minimum Gasteiger partial charge on any atom is -0.370 e. The molecule has 0 bridgehead atoms. The Morgan fingerprint density at radius 2 is 2.42 bits per heavy atom. The van der Waals surface area contributed by atoms with Crippen LogP contribution in [0.1, 0.15) is 5.82 Å². The minimum absolute atomic E-state index is 0.108. The topological polar surface area (TPSA) is 95.1 Å². The number of aryl methyl sites for hydroxylation is 1. The zero-order chi connectivity index (χ0) is 8.97. The predicted molar refractivity (Wildman–Crippen MR) is 45.4 cm³/mol. The zero-order valence-electron chi connectivity index (χ0n) is 6.94. The summed E-state index contributed by atoms with van der Waals surface area (Å²) in [4.78, 5) is 3.83. The first kappa shape index (κ1) is 8.51. The van der Waals surface area contributed by atoms with Gasteiger partial charge in [-0.2, -0.15) is 0 Å². The van der Waals surface area contributed by atoms with Crippen LogP contribution in [0.3, 0.4) is 0 Å². The number of nitrogens with zero attached hydrogens (tertiary/aromatic N) is 4. The molecule has 0 radical (unpaired) electrons. The van der Waals surface area contributed by atoms with Crippen molar-refractivity contribution in [2.24, 2.45) is 23.5 Å². The smallest absolute Gasteiger partial charge is 0.185 e. The fraction of sp³-hybridized carbons (Fsp3) is 0.500. The van der Waals surface area contributed by atoms with Gasteiger partial charge >= 0.3 is 0 Å². The lowest BCUT2D eigenvalue weighted by atomic mass is 10.4. The Hall–Kier alpha value is -1.59. The van der Waals surface area contributed by atoms with Crippen molar-refractivity contribution in [3.63, 3.8) is 0 Å². The summed E-state index contributed by atoms with van der Waals surface area (Å²) in [6.45, 7) is 0.550. The van der Waals surface area contributed by atoms with Gasteiger partial charge in [0.25, 0.3) is 0 Å². The standard InChI is InChI=1S/C6H12N6/c1-12-4-10-11-5(12)2-3-9-6(7)8/h4H,2-3H2,1H3,(H4,7,8,9). The maximum Gasteiger partial charge on any atom is 0.185 e. The molecule has 0 saturated carbocycles. The first-order valence-corrected chi connectivity index (χ1v) is 3.58. The lowest BCUT2D eigenvalue weighted by molar-refractivity contribution is 0.776. The van der Waals surface area contributed by atoms with E-state index in [1.165, 1.54) is 0 Å². The van der Waals surface area contributed by atoms with Gasteiger partial charge in [-0.25, -0.2) is 0 Å². The van der Waals surface area contributed by atoms with Gasteiger partial charge < -0.3 is 16.0 Å². The summed E-state index contributed by atoms with van der Waals surface area (Å²) in [7, 11) is 1.88. The van der Waals surface area contributed by atoms with Crippen LogP contribution in [-0.2, 0) is 13.5 Å². The molecule has 0 spiro atoms. The molecule has 0 aliphatic carbocycles. The Morgan fingerprint density at radius 3 is 2.92 bits per heavy atom. The highest BCUT2D eigenvalue weighted by molar-refractivity contribution is 5.75. The second-order valence-electron chi connectivity index (χ2n) is 2.41. The van der Waals surface area contributed by atoms with Crippen LogP contribution in [-0.4, -0.2) is 27.3 Å². The van der Waals surface area contributed by atoms with Gasteiger partial charge in [0.1, 0.15) is 12.2 Å². The Morgan fingerprint density at radius 1 is 1.67 bits per heavy atom. The molecular weight excluding hydrogens is 156 g/mol. The van der Waals surface area contributed by atoms with Gasteiger partial charge in [0, 0.05) is 20.0 Å². The van der Waals surface area contributed by atoms with Crippen LogP contribution >= 0.6 is 0 Å². The Balaban J connectivity index is 2.44. The Labute approximate surface area is 70.3 Å². The molecule has 6 heteroatoms. The molecular formula is C6H12N6. The van der Waals surface area contributed by atoms with Gasteiger partial charge in [0.2, 0.25) is 0 Å². The molecule has 0 aliphatic heterocycles. The van der Waals surface area contributed by atoms with Crippen molar-refractivity contribution < 1.29 is 0 Å². The van der Waals surface area contributed by atoms with E-state index in [2.05, 4.69) is 15.2 Å². The molecule has 0 aliphatic rings. The van der Waals surface area contributed by atoms with Crippen LogP contribution in [0.25, 0.3) is 0 Å². The summed E-state index contributed by atoms with van der Waals surface area (Å²) in [6, 6.07) is 0. The third kappa shape index (κ3) is 2.22. The van der Waals surface area contributed by atoms with Gasteiger partial charge in [0.05, 0.1) is 0 Å². The van der Waals surface area contributed by atoms with Crippen molar-refractivity contribution in [3.05, 3.63) is 12.2 Å². The highest BCUT2D eigenvalue weighted by atomic mass is 15.2. The molecule has 12 heavy (non-hydrogen) atoms. The number of aromatic nitrogens is 3. The molecule has 4 N–H and O–H groups in total. The highest BCUT2D eigenvalue weighted by Gasteiger charge is 1.98. The molecule has 0 saturated heterocycles. The van der Waals surface area contributed by atoms with Crippen molar-refractivity contribution in [3.8, 4) is 0 Å². The molecule has 66 valence electrons. The van der Waals surface area contributed by atoms with E-state index in [1.54, 1.807) is 6.33 Å². The van der Waals surface area contributed by atoms with Crippen molar-refractivity contribution in [2.75, 3.05) is 6.54 Å². The van der Waals surface area contributed by atoms with Crippen LogP contribution in [0.15, 0.2) is 11.3 Å². The summed E-state index contributed by atoms with van der Waals surface area (Å²) >= 11 is 0. The van der Waals surface area contributed by atoms with E-state index in [1.807, 2.05) is 11.6 Å². The maximum absolute atomic E-state index is 5.15. The van der Waals surface area contributed by atoms with Gasteiger partial charge in [-0.15, -0.1) is 10.2 Å². The van der Waals surface area contributed by atoms with Gasteiger partial charge in [0.15, 0.2) is 5.96 Å². The van der Waals surface area contributed by atoms with Crippen LogP contribution in [0.2, 0.25) is 0 Å². The quantitative estimate of drug-likeness (QED) is 0.430. The van der Waals surface area contributed by atoms with Crippen LogP contribution in [0, 0.1) is 0 Å². The third-order valence-electron chi connectivity index (χ3n) is 1.43. The van der Waals surface area contributed by atoms with Gasteiger partial charge in [-0.05, 0) is 0 Å². The molecule has 0 unspecified atom stereocenters. The van der Waals surface area contributed by atoms with E-state index < -0.39 is 0 Å². The Kier molecular flexibility index (Phi) is 2.62. The zero-order valence-corrected chi connectivity index (χ0v) is 6.94. The highest BCUT2D eigenvalue weighted by Crippen LogP contribution is 1.92. The van der Waals surface area contributed by atoms with Crippen molar-refractivity contribution in [2.45, 2.75) is 6.42 Å². The third-order valence-corrected chi connectivity index (χ3v) is 1.43. The molecule has 0 fully saturated rings. The van der Waals surface area contributed by atoms with Crippen molar-refractivity contribution >= 4 is 5.96 Å². The van der Waals surface area contributed by atoms with Gasteiger partial charge in [-0.3, -0.25) is 4.99 Å². The number of nitrogens with two attached hydrogens (primary N) is 2.